The average molecular weight is 238 g/mol. The summed E-state index contributed by atoms with van der Waals surface area (Å²) >= 11 is 0. The van der Waals surface area contributed by atoms with Crippen molar-refractivity contribution in [2.24, 2.45) is 0 Å². The molecule has 4 nitrogen and oxygen atoms in total. The molecule has 4 heteroatoms. The molecule has 1 aromatic rings. The van der Waals surface area contributed by atoms with Crippen LogP contribution in [0.5, 0.6) is 0 Å². The lowest BCUT2D eigenvalue weighted by atomic mass is 9.61. The molecule has 3 aliphatic carbocycles. The monoisotopic (exact) mass is 238 g/mol. The number of aliphatic hydroxyl groups excluding tert-OH is 2. The summed E-state index contributed by atoms with van der Waals surface area (Å²) in [5.41, 5.74) is 2.27. The molecule has 0 aromatic heterocycles. The number of benzene rings is 1. The summed E-state index contributed by atoms with van der Waals surface area (Å²) in [7, 11) is 0. The van der Waals surface area contributed by atoms with Crippen molar-refractivity contribution in [2.45, 2.75) is 24.0 Å². The normalized spacial score (nSPS) is 32.7. The zero-order chi connectivity index (χ0) is 12.9. The minimum absolute atomic E-state index is 0.291. The minimum Gasteiger partial charge on any atom is -0.389 e. The van der Waals surface area contributed by atoms with Crippen LogP contribution in [0.2, 0.25) is 0 Å². The number of aliphatic hydroxyl groups is 2. The highest BCUT2D eigenvalue weighted by molar-refractivity contribution is 5.61. The summed E-state index contributed by atoms with van der Waals surface area (Å²) in [5, 5.41) is 38.6. The Labute approximate surface area is 104 Å². The topological polar surface area (TPSA) is 88.0 Å². The van der Waals surface area contributed by atoms with Crippen molar-refractivity contribution in [3.63, 3.8) is 0 Å². The Balaban J connectivity index is 2.34. The first-order valence-electron chi connectivity index (χ1n) is 5.70. The molecule has 3 aliphatic rings. The molecule has 0 amide bonds. The Morgan fingerprint density at radius 3 is 1.56 bits per heavy atom. The van der Waals surface area contributed by atoms with Gasteiger partial charge in [0.05, 0.1) is 35.5 Å². The van der Waals surface area contributed by atoms with Crippen molar-refractivity contribution in [3.8, 4) is 12.1 Å². The maximum Gasteiger partial charge on any atom is 0.0965 e. The SMILES string of the molecule is N#CC1=C(C#N)[C@H]2c3ccccc3[C@@H]1[C@@H](O)[C@H]2O. The molecule has 1 aromatic carbocycles. The smallest absolute Gasteiger partial charge is 0.0965 e. The van der Waals surface area contributed by atoms with E-state index in [2.05, 4.69) is 0 Å². The van der Waals surface area contributed by atoms with E-state index in [9.17, 15) is 20.7 Å². The van der Waals surface area contributed by atoms with Gasteiger partial charge in [0, 0.05) is 11.8 Å². The predicted molar refractivity (Wildman–Crippen MR) is 62.2 cm³/mol. The van der Waals surface area contributed by atoms with Crippen LogP contribution >= 0.6 is 0 Å². The van der Waals surface area contributed by atoms with E-state index in [-0.39, 0.29) is 0 Å². The van der Waals surface area contributed by atoms with Crippen LogP contribution in [0.1, 0.15) is 23.0 Å². The van der Waals surface area contributed by atoms with Gasteiger partial charge >= 0.3 is 0 Å². The first-order chi connectivity index (χ1) is 8.70. The van der Waals surface area contributed by atoms with Gasteiger partial charge in [0.25, 0.3) is 0 Å². The van der Waals surface area contributed by atoms with Gasteiger partial charge in [0.2, 0.25) is 0 Å². The fourth-order valence-corrected chi connectivity index (χ4v) is 3.09. The molecular formula is C14H10N2O2. The molecule has 0 saturated carbocycles. The Bertz CT molecular complexity index is 581. The van der Waals surface area contributed by atoms with Gasteiger partial charge in [-0.1, -0.05) is 24.3 Å². The van der Waals surface area contributed by atoms with Crippen LogP contribution in [0.15, 0.2) is 35.4 Å². The molecule has 2 bridgehead atoms. The Morgan fingerprint density at radius 1 is 0.833 bits per heavy atom. The summed E-state index contributed by atoms with van der Waals surface area (Å²) in [6.45, 7) is 0. The predicted octanol–water partition coefficient (Wildman–Crippen LogP) is 0.947. The Morgan fingerprint density at radius 2 is 1.22 bits per heavy atom. The van der Waals surface area contributed by atoms with E-state index in [1.807, 2.05) is 36.4 Å². The van der Waals surface area contributed by atoms with Gasteiger partial charge in [-0.25, -0.2) is 0 Å². The number of hydrogen-bond acceptors (Lipinski definition) is 4. The van der Waals surface area contributed by atoms with Gasteiger partial charge in [0.1, 0.15) is 0 Å². The number of hydrogen-bond donors (Lipinski definition) is 2. The standard InChI is InChI=1S/C14H10N2O2/c15-5-9-10(6-16)12-8-4-2-1-3-7(8)11(9)13(17)14(12)18/h1-4,11-14,17-18H/t11-,12+,13+,14-. The highest BCUT2D eigenvalue weighted by Gasteiger charge is 2.50. The van der Waals surface area contributed by atoms with E-state index in [0.29, 0.717) is 11.1 Å². The van der Waals surface area contributed by atoms with Crippen LogP contribution in [0, 0.1) is 22.7 Å². The van der Waals surface area contributed by atoms with Gasteiger partial charge in [0.15, 0.2) is 0 Å². The minimum atomic E-state index is -1.02. The third-order valence-corrected chi connectivity index (χ3v) is 3.85. The van der Waals surface area contributed by atoms with Crippen molar-refractivity contribution >= 4 is 0 Å². The van der Waals surface area contributed by atoms with Crippen molar-refractivity contribution in [2.75, 3.05) is 0 Å². The molecular weight excluding hydrogens is 228 g/mol. The summed E-state index contributed by atoms with van der Waals surface area (Å²) in [4.78, 5) is 0. The van der Waals surface area contributed by atoms with E-state index < -0.39 is 24.0 Å². The fourth-order valence-electron chi connectivity index (χ4n) is 3.09. The average Bonchev–Trinajstić information content (AvgIpc) is 2.41. The van der Waals surface area contributed by atoms with Crippen LogP contribution in [0.3, 0.4) is 0 Å². The van der Waals surface area contributed by atoms with Crippen molar-refractivity contribution < 1.29 is 10.2 Å². The molecule has 0 spiro atoms. The van der Waals surface area contributed by atoms with Gasteiger partial charge < -0.3 is 10.2 Å². The summed E-state index contributed by atoms with van der Waals surface area (Å²) in [5.74, 6) is -1.17. The van der Waals surface area contributed by atoms with Crippen LogP contribution in [-0.4, -0.2) is 22.4 Å². The molecule has 88 valence electrons. The number of fused-ring (bicyclic) bond motifs is 1. The van der Waals surface area contributed by atoms with E-state index in [4.69, 9.17) is 0 Å². The first kappa shape index (κ1) is 11.0. The molecule has 2 N–H and O–H groups in total. The van der Waals surface area contributed by atoms with Crippen LogP contribution in [-0.2, 0) is 0 Å². The zero-order valence-corrected chi connectivity index (χ0v) is 9.41. The molecule has 0 heterocycles. The van der Waals surface area contributed by atoms with Gasteiger partial charge in [-0.3, -0.25) is 0 Å². The molecule has 0 fully saturated rings. The molecule has 0 saturated heterocycles. The second-order valence-electron chi connectivity index (χ2n) is 4.62. The van der Waals surface area contributed by atoms with Gasteiger partial charge in [-0.05, 0) is 11.1 Å². The molecule has 18 heavy (non-hydrogen) atoms. The molecule has 0 aliphatic heterocycles. The largest absolute Gasteiger partial charge is 0.389 e. The van der Waals surface area contributed by atoms with Crippen LogP contribution in [0.4, 0.5) is 0 Å². The lowest BCUT2D eigenvalue weighted by Crippen LogP contribution is -2.47. The van der Waals surface area contributed by atoms with E-state index in [1.165, 1.54) is 0 Å². The lowest BCUT2D eigenvalue weighted by Gasteiger charge is -2.44. The van der Waals surface area contributed by atoms with Crippen LogP contribution in [0.25, 0.3) is 0 Å². The van der Waals surface area contributed by atoms with Crippen molar-refractivity contribution in [1.82, 2.24) is 0 Å². The van der Waals surface area contributed by atoms with Gasteiger partial charge in [-0.2, -0.15) is 10.5 Å². The van der Waals surface area contributed by atoms with Gasteiger partial charge in [-0.15, -0.1) is 0 Å². The summed E-state index contributed by atoms with van der Waals surface area (Å²) in [6.07, 6.45) is -2.03. The number of nitrogens with zero attached hydrogens (tertiary/aromatic N) is 2. The van der Waals surface area contributed by atoms with Crippen molar-refractivity contribution in [3.05, 3.63) is 46.5 Å². The first-order valence-corrected chi connectivity index (χ1v) is 5.70. The molecule has 0 unspecified atom stereocenters. The fraction of sp³-hybridized carbons (Fsp3) is 0.286. The highest BCUT2D eigenvalue weighted by atomic mass is 16.3. The maximum atomic E-state index is 10.1. The molecule has 4 atom stereocenters. The second-order valence-corrected chi connectivity index (χ2v) is 4.62. The third kappa shape index (κ3) is 1.14. The third-order valence-electron chi connectivity index (χ3n) is 3.85. The number of nitriles is 2. The summed E-state index contributed by atoms with van der Waals surface area (Å²) in [6, 6.07) is 11.4. The van der Waals surface area contributed by atoms with E-state index in [0.717, 1.165) is 11.1 Å². The Kier molecular flexibility index (Phi) is 2.24. The maximum absolute atomic E-state index is 10.1. The Hall–Kier alpha value is -2.14. The quantitative estimate of drug-likeness (QED) is 0.704. The lowest BCUT2D eigenvalue weighted by molar-refractivity contribution is -0.0144. The highest BCUT2D eigenvalue weighted by Crippen LogP contribution is 2.52. The van der Waals surface area contributed by atoms with E-state index >= 15 is 0 Å². The molecule has 0 radical (unpaired) electrons. The zero-order valence-electron chi connectivity index (χ0n) is 9.41. The summed E-state index contributed by atoms with van der Waals surface area (Å²) < 4.78 is 0. The number of rotatable bonds is 0. The molecule has 4 rings (SSSR count). The second kappa shape index (κ2) is 3.68. The van der Waals surface area contributed by atoms with Crippen molar-refractivity contribution in [1.29, 1.82) is 10.5 Å². The van der Waals surface area contributed by atoms with E-state index in [1.54, 1.807) is 0 Å². The van der Waals surface area contributed by atoms with Crippen LogP contribution < -0.4 is 0 Å².